The quantitative estimate of drug-likeness (QED) is 0.809. The van der Waals surface area contributed by atoms with Crippen molar-refractivity contribution in [1.29, 1.82) is 0 Å². The second-order valence-electron chi connectivity index (χ2n) is 5.96. The fourth-order valence-electron chi connectivity index (χ4n) is 2.10. The monoisotopic (exact) mass is 324 g/mol. The second kappa shape index (κ2) is 4.63. The molecule has 2 aromatic rings. The molecule has 0 aliphatic carbocycles. The van der Waals surface area contributed by atoms with Gasteiger partial charge in [0, 0.05) is 18.1 Å². The van der Waals surface area contributed by atoms with Crippen LogP contribution in [0, 0.1) is 5.41 Å². The van der Waals surface area contributed by atoms with Crippen LogP contribution < -0.4 is 11.2 Å². The molecule has 4 nitrogen and oxygen atoms in total. The van der Waals surface area contributed by atoms with Gasteiger partial charge in [-0.15, -0.1) is 0 Å². The number of aromatic nitrogens is 2. The van der Waals surface area contributed by atoms with E-state index >= 15 is 0 Å². The van der Waals surface area contributed by atoms with Crippen LogP contribution in [-0.2, 0) is 13.6 Å². The van der Waals surface area contributed by atoms with E-state index in [0.717, 1.165) is 4.47 Å². The molecule has 0 aliphatic heterocycles. The Morgan fingerprint density at radius 1 is 1.21 bits per heavy atom. The normalized spacial score (nSPS) is 12.1. The molecule has 0 amide bonds. The average Bonchev–Trinajstić information content (AvgIpc) is 2.30. The molecule has 0 aliphatic rings. The van der Waals surface area contributed by atoms with Gasteiger partial charge in [-0.1, -0.05) is 36.7 Å². The van der Waals surface area contributed by atoms with Crippen LogP contribution in [0.25, 0.3) is 10.9 Å². The Morgan fingerprint density at radius 3 is 2.42 bits per heavy atom. The highest BCUT2D eigenvalue weighted by atomic mass is 79.9. The zero-order valence-corrected chi connectivity index (χ0v) is 13.1. The largest absolute Gasteiger partial charge is 0.331 e. The third kappa shape index (κ3) is 2.66. The molecule has 1 aromatic heterocycles. The maximum atomic E-state index is 12.5. The van der Waals surface area contributed by atoms with Crippen LogP contribution in [0.5, 0.6) is 0 Å². The molecule has 0 unspecified atom stereocenters. The summed E-state index contributed by atoms with van der Waals surface area (Å²) in [5.41, 5.74) is 0.0304. The summed E-state index contributed by atoms with van der Waals surface area (Å²) in [6.45, 7) is 6.42. The maximum Gasteiger partial charge on any atom is 0.331 e. The summed E-state index contributed by atoms with van der Waals surface area (Å²) in [5, 5.41) is 0.556. The molecule has 1 aromatic carbocycles. The predicted molar refractivity (Wildman–Crippen MR) is 80.6 cm³/mol. The van der Waals surface area contributed by atoms with Gasteiger partial charge in [0.15, 0.2) is 0 Å². The Labute approximate surface area is 119 Å². The van der Waals surface area contributed by atoms with E-state index in [-0.39, 0.29) is 16.7 Å². The molecule has 0 N–H and O–H groups in total. The summed E-state index contributed by atoms with van der Waals surface area (Å²) in [5.74, 6) is 0. The summed E-state index contributed by atoms with van der Waals surface area (Å²) < 4.78 is 3.67. The molecular weight excluding hydrogens is 308 g/mol. The lowest BCUT2D eigenvalue weighted by molar-refractivity contribution is 0.329. The minimum atomic E-state index is -0.269. The lowest BCUT2D eigenvalue weighted by atomic mass is 9.97. The fourth-order valence-corrected chi connectivity index (χ4v) is 2.46. The van der Waals surface area contributed by atoms with Crippen LogP contribution in [-0.4, -0.2) is 9.13 Å². The molecule has 0 saturated heterocycles. The molecule has 102 valence electrons. The lowest BCUT2D eigenvalue weighted by Gasteiger charge is -2.20. The van der Waals surface area contributed by atoms with Gasteiger partial charge in [0.2, 0.25) is 0 Å². The first-order valence-corrected chi connectivity index (χ1v) is 6.89. The number of halogens is 1. The highest BCUT2D eigenvalue weighted by Crippen LogP contribution is 2.17. The number of aryl methyl sites for hydroxylation is 1. The van der Waals surface area contributed by atoms with Crippen molar-refractivity contribution in [1.82, 2.24) is 9.13 Å². The minimum Gasteiger partial charge on any atom is -0.296 e. The number of rotatable bonds is 1. The van der Waals surface area contributed by atoms with Gasteiger partial charge in [-0.05, 0) is 23.6 Å². The van der Waals surface area contributed by atoms with Crippen molar-refractivity contribution in [3.8, 4) is 0 Å². The van der Waals surface area contributed by atoms with E-state index in [2.05, 4.69) is 15.9 Å². The van der Waals surface area contributed by atoms with Crippen LogP contribution in [0.4, 0.5) is 0 Å². The first-order valence-electron chi connectivity index (χ1n) is 6.10. The van der Waals surface area contributed by atoms with Crippen molar-refractivity contribution >= 4 is 26.8 Å². The topological polar surface area (TPSA) is 44.0 Å². The number of hydrogen-bond acceptors (Lipinski definition) is 2. The summed E-state index contributed by atoms with van der Waals surface area (Å²) in [4.78, 5) is 24.7. The molecule has 0 saturated carbocycles. The first-order chi connectivity index (χ1) is 8.70. The van der Waals surface area contributed by atoms with E-state index in [4.69, 9.17) is 0 Å². The third-order valence-electron chi connectivity index (χ3n) is 2.95. The standard InChI is InChI=1S/C14H17BrN2O2/c1-14(2,3)8-17-12(18)10-7-9(15)5-6-11(10)16(4)13(17)19/h5-7H,8H2,1-4H3. The Hall–Kier alpha value is -1.36. The summed E-state index contributed by atoms with van der Waals surface area (Å²) in [6, 6.07) is 5.37. The molecule has 0 atom stereocenters. The molecular formula is C14H17BrN2O2. The number of nitrogens with zero attached hydrogens (tertiary/aromatic N) is 2. The van der Waals surface area contributed by atoms with E-state index in [1.54, 1.807) is 19.2 Å². The van der Waals surface area contributed by atoms with E-state index in [9.17, 15) is 9.59 Å². The maximum absolute atomic E-state index is 12.5. The van der Waals surface area contributed by atoms with Crippen LogP contribution in [0.15, 0.2) is 32.3 Å². The van der Waals surface area contributed by atoms with Crippen LogP contribution in [0.1, 0.15) is 20.8 Å². The van der Waals surface area contributed by atoms with Crippen molar-refractivity contribution in [2.24, 2.45) is 12.5 Å². The van der Waals surface area contributed by atoms with Crippen LogP contribution in [0.2, 0.25) is 0 Å². The van der Waals surface area contributed by atoms with Crippen molar-refractivity contribution in [2.75, 3.05) is 0 Å². The van der Waals surface area contributed by atoms with Gasteiger partial charge >= 0.3 is 5.69 Å². The lowest BCUT2D eigenvalue weighted by Crippen LogP contribution is -2.41. The summed E-state index contributed by atoms with van der Waals surface area (Å²) >= 11 is 3.36. The minimum absolute atomic E-state index is 0.129. The first kappa shape index (κ1) is 14.1. The Bertz CT molecular complexity index is 751. The average molecular weight is 325 g/mol. The van der Waals surface area contributed by atoms with Gasteiger partial charge < -0.3 is 0 Å². The zero-order valence-electron chi connectivity index (χ0n) is 11.5. The highest BCUT2D eigenvalue weighted by Gasteiger charge is 2.17. The Kier molecular flexibility index (Phi) is 3.43. The number of hydrogen-bond donors (Lipinski definition) is 0. The molecule has 2 rings (SSSR count). The smallest absolute Gasteiger partial charge is 0.296 e. The van der Waals surface area contributed by atoms with E-state index < -0.39 is 0 Å². The summed E-state index contributed by atoms with van der Waals surface area (Å²) in [7, 11) is 1.69. The van der Waals surface area contributed by atoms with Gasteiger partial charge in [0.05, 0.1) is 10.9 Å². The third-order valence-corrected chi connectivity index (χ3v) is 3.44. The van der Waals surface area contributed by atoms with Crippen molar-refractivity contribution in [2.45, 2.75) is 27.3 Å². The Balaban J connectivity index is 2.87. The molecule has 5 heteroatoms. The highest BCUT2D eigenvalue weighted by molar-refractivity contribution is 9.10. The van der Waals surface area contributed by atoms with Gasteiger partial charge in [0.25, 0.3) is 5.56 Å². The van der Waals surface area contributed by atoms with Crippen LogP contribution in [0.3, 0.4) is 0 Å². The van der Waals surface area contributed by atoms with Gasteiger partial charge in [0.1, 0.15) is 0 Å². The van der Waals surface area contributed by atoms with Crippen molar-refractivity contribution < 1.29 is 0 Å². The molecule has 0 bridgehead atoms. The van der Waals surface area contributed by atoms with Crippen molar-refractivity contribution in [3.63, 3.8) is 0 Å². The molecule has 0 radical (unpaired) electrons. The zero-order chi connectivity index (χ0) is 14.4. The van der Waals surface area contributed by atoms with E-state index in [1.807, 2.05) is 26.8 Å². The SMILES string of the molecule is Cn1c(=O)n(CC(C)(C)C)c(=O)c2cc(Br)ccc21. The second-order valence-corrected chi connectivity index (χ2v) is 6.87. The summed E-state index contributed by atoms with van der Waals surface area (Å²) in [6.07, 6.45) is 0. The van der Waals surface area contributed by atoms with Gasteiger partial charge in [-0.25, -0.2) is 4.79 Å². The van der Waals surface area contributed by atoms with Crippen LogP contribution >= 0.6 is 15.9 Å². The van der Waals surface area contributed by atoms with E-state index in [1.165, 1.54) is 9.13 Å². The number of benzene rings is 1. The molecule has 1 heterocycles. The molecule has 0 spiro atoms. The predicted octanol–water partition coefficient (Wildman–Crippen LogP) is 2.51. The molecule has 0 fully saturated rings. The van der Waals surface area contributed by atoms with Crippen molar-refractivity contribution in [3.05, 3.63) is 43.5 Å². The van der Waals surface area contributed by atoms with Gasteiger partial charge in [-0.2, -0.15) is 0 Å². The van der Waals surface area contributed by atoms with E-state index in [0.29, 0.717) is 17.4 Å². The molecule has 19 heavy (non-hydrogen) atoms. The number of fused-ring (bicyclic) bond motifs is 1. The van der Waals surface area contributed by atoms with Gasteiger partial charge in [-0.3, -0.25) is 13.9 Å². The fraction of sp³-hybridized carbons (Fsp3) is 0.429. The Morgan fingerprint density at radius 2 is 1.84 bits per heavy atom.